The molecule has 5 rings (SSSR count). The van der Waals surface area contributed by atoms with Crippen molar-refractivity contribution in [2.45, 2.75) is 43.3 Å². The largest absolute Gasteiger partial charge is 0.477 e. The van der Waals surface area contributed by atoms with Gasteiger partial charge >= 0.3 is 0 Å². The number of piperidine rings is 1. The molecule has 1 aliphatic heterocycles. The van der Waals surface area contributed by atoms with Gasteiger partial charge in [0.15, 0.2) is 0 Å². The zero-order valence-electron chi connectivity index (χ0n) is 19.9. The molecule has 0 radical (unpaired) electrons. The summed E-state index contributed by atoms with van der Waals surface area (Å²) in [6.07, 6.45) is 9.41. The maximum atomic E-state index is 13.6. The van der Waals surface area contributed by atoms with E-state index < -0.39 is 16.4 Å². The summed E-state index contributed by atoms with van der Waals surface area (Å²) in [6, 6.07) is 5.24. The number of carbonyl (C=O) groups is 1. The fourth-order valence-corrected chi connectivity index (χ4v) is 5.13. The molecule has 0 aromatic carbocycles. The molecule has 3 N–H and O–H groups in total. The van der Waals surface area contributed by atoms with Gasteiger partial charge in [-0.25, -0.2) is 24.1 Å². The lowest BCUT2D eigenvalue weighted by Crippen LogP contribution is -2.49. The molecule has 1 aliphatic carbocycles. The minimum Gasteiger partial charge on any atom is -0.477 e. The number of carbonyl (C=O) groups excluding carboxylic acids is 1. The Bertz CT molecular complexity index is 1250. The highest BCUT2D eigenvalue weighted by atomic mass is 32.2. The standard InChI is InChI=1S/C24H28N8O3S/c1-2-35-21-15-26-14-18(29-21)16-3-6-19(28-13-16)31-23(33)24(8-11-25-12-9-24)22-27-10-7-20(30-22)32-36(34)17-4-5-17/h3,6-7,10,13-15,17,25H,2,4-5,8-9,11-12H2,1H3,(H,27,30,32)(H,28,31,33). The van der Waals surface area contributed by atoms with Gasteiger partial charge in [0.2, 0.25) is 11.8 Å². The van der Waals surface area contributed by atoms with Crippen LogP contribution < -0.4 is 20.1 Å². The van der Waals surface area contributed by atoms with Crippen LogP contribution in [0.15, 0.2) is 43.0 Å². The van der Waals surface area contributed by atoms with Gasteiger partial charge in [0, 0.05) is 18.0 Å². The van der Waals surface area contributed by atoms with Crippen molar-refractivity contribution >= 4 is 28.5 Å². The van der Waals surface area contributed by atoms with E-state index in [9.17, 15) is 9.00 Å². The predicted molar refractivity (Wildman–Crippen MR) is 136 cm³/mol. The number of nitrogens with one attached hydrogen (secondary N) is 3. The molecule has 0 bridgehead atoms. The fraction of sp³-hybridized carbons (Fsp3) is 0.417. The van der Waals surface area contributed by atoms with Crippen LogP contribution in [-0.4, -0.2) is 60.0 Å². The zero-order chi connectivity index (χ0) is 25.0. The van der Waals surface area contributed by atoms with Crippen LogP contribution in [0.5, 0.6) is 5.88 Å². The Morgan fingerprint density at radius 1 is 1.11 bits per heavy atom. The Labute approximate surface area is 211 Å². The van der Waals surface area contributed by atoms with Crippen molar-refractivity contribution in [3.8, 4) is 17.1 Å². The fourth-order valence-electron chi connectivity index (χ4n) is 4.08. The Morgan fingerprint density at radius 3 is 2.67 bits per heavy atom. The van der Waals surface area contributed by atoms with Crippen molar-refractivity contribution in [2.24, 2.45) is 0 Å². The molecule has 11 nitrogen and oxygen atoms in total. The highest BCUT2D eigenvalue weighted by Gasteiger charge is 2.44. The van der Waals surface area contributed by atoms with E-state index in [1.54, 1.807) is 36.9 Å². The average molecular weight is 509 g/mol. The van der Waals surface area contributed by atoms with E-state index >= 15 is 0 Å². The average Bonchev–Trinajstić information content (AvgIpc) is 3.76. The minimum atomic E-state index is -1.18. The molecule has 4 heterocycles. The maximum Gasteiger partial charge on any atom is 0.239 e. The van der Waals surface area contributed by atoms with E-state index in [0.717, 1.165) is 18.4 Å². The van der Waals surface area contributed by atoms with E-state index in [2.05, 4.69) is 40.3 Å². The van der Waals surface area contributed by atoms with Crippen LogP contribution in [-0.2, 0) is 21.2 Å². The highest BCUT2D eigenvalue weighted by molar-refractivity contribution is 7.87. The summed E-state index contributed by atoms with van der Waals surface area (Å²) >= 11 is 0. The van der Waals surface area contributed by atoms with Crippen LogP contribution in [0, 0.1) is 0 Å². The second-order valence-corrected chi connectivity index (χ2v) is 10.2. The number of pyridine rings is 1. The predicted octanol–water partition coefficient (Wildman–Crippen LogP) is 2.23. The lowest BCUT2D eigenvalue weighted by Gasteiger charge is -2.34. The number of aromatic nitrogens is 5. The summed E-state index contributed by atoms with van der Waals surface area (Å²) in [5.41, 5.74) is 0.452. The van der Waals surface area contributed by atoms with Gasteiger partial charge in [0.25, 0.3) is 0 Å². The van der Waals surface area contributed by atoms with Gasteiger partial charge < -0.3 is 15.4 Å². The van der Waals surface area contributed by atoms with Crippen molar-refractivity contribution < 1.29 is 13.7 Å². The summed E-state index contributed by atoms with van der Waals surface area (Å²) in [6.45, 7) is 3.70. The first kappa shape index (κ1) is 24.2. The van der Waals surface area contributed by atoms with Gasteiger partial charge in [-0.3, -0.25) is 14.5 Å². The molecule has 0 spiro atoms. The molecule has 1 saturated carbocycles. The number of nitrogens with zero attached hydrogens (tertiary/aromatic N) is 5. The highest BCUT2D eigenvalue weighted by Crippen LogP contribution is 2.34. The van der Waals surface area contributed by atoms with Gasteiger partial charge in [-0.05, 0) is 63.9 Å². The zero-order valence-corrected chi connectivity index (χ0v) is 20.8. The van der Waals surface area contributed by atoms with Crippen molar-refractivity contribution in [1.82, 2.24) is 30.2 Å². The molecule has 2 fully saturated rings. The van der Waals surface area contributed by atoms with Crippen molar-refractivity contribution in [2.75, 3.05) is 29.7 Å². The van der Waals surface area contributed by atoms with E-state index in [0.29, 0.717) is 61.6 Å². The molecule has 2 aliphatic rings. The number of amides is 1. The summed E-state index contributed by atoms with van der Waals surface area (Å²) in [5, 5.41) is 6.42. The number of ether oxygens (including phenoxy) is 1. The molecule has 1 unspecified atom stereocenters. The van der Waals surface area contributed by atoms with Crippen molar-refractivity contribution in [3.05, 3.63) is 48.8 Å². The lowest BCUT2D eigenvalue weighted by molar-refractivity contribution is -0.122. The smallest absolute Gasteiger partial charge is 0.239 e. The number of hydrogen-bond donors (Lipinski definition) is 3. The molecule has 1 saturated heterocycles. The lowest BCUT2D eigenvalue weighted by atomic mass is 9.77. The first-order valence-electron chi connectivity index (χ1n) is 12.0. The normalized spacial score (nSPS) is 17.7. The van der Waals surface area contributed by atoms with Crippen LogP contribution in [0.4, 0.5) is 11.6 Å². The van der Waals surface area contributed by atoms with E-state index in [4.69, 9.17) is 4.74 Å². The molecule has 1 atom stereocenters. The molecule has 36 heavy (non-hydrogen) atoms. The first-order valence-corrected chi connectivity index (χ1v) is 13.2. The van der Waals surface area contributed by atoms with Gasteiger partial charge in [0.05, 0.1) is 29.9 Å². The summed E-state index contributed by atoms with van der Waals surface area (Å²) < 4.78 is 20.7. The number of anilines is 2. The first-order chi connectivity index (χ1) is 17.6. The van der Waals surface area contributed by atoms with E-state index in [1.807, 2.05) is 13.0 Å². The van der Waals surface area contributed by atoms with Crippen molar-refractivity contribution in [1.29, 1.82) is 0 Å². The minimum absolute atomic E-state index is 0.168. The SMILES string of the molecule is CCOc1cncc(-c2ccc(NC(=O)C3(c4nccc(NS(=O)C5CC5)n4)CCNCC3)nc2)n1. The van der Waals surface area contributed by atoms with E-state index in [-0.39, 0.29) is 11.2 Å². The molecule has 12 heteroatoms. The number of rotatable bonds is 9. The molecule has 3 aromatic rings. The Morgan fingerprint density at radius 2 is 1.94 bits per heavy atom. The topological polar surface area (TPSA) is 144 Å². The molecule has 3 aromatic heterocycles. The summed E-state index contributed by atoms with van der Waals surface area (Å²) in [7, 11) is -1.18. The van der Waals surface area contributed by atoms with Crippen LogP contribution in [0.1, 0.15) is 38.4 Å². The van der Waals surface area contributed by atoms with Gasteiger partial charge in [-0.1, -0.05) is 0 Å². The maximum absolute atomic E-state index is 13.6. The third kappa shape index (κ3) is 5.34. The Kier molecular flexibility index (Phi) is 7.14. The second kappa shape index (κ2) is 10.6. The quantitative estimate of drug-likeness (QED) is 0.396. The van der Waals surface area contributed by atoms with Crippen LogP contribution in [0.25, 0.3) is 11.3 Å². The summed E-state index contributed by atoms with van der Waals surface area (Å²) in [5.74, 6) is 1.52. The monoisotopic (exact) mass is 508 g/mol. The second-order valence-electron chi connectivity index (χ2n) is 8.76. The Balaban J connectivity index is 1.35. The molecule has 188 valence electrons. The van der Waals surface area contributed by atoms with E-state index in [1.165, 1.54) is 0 Å². The molecular formula is C24H28N8O3S. The van der Waals surface area contributed by atoms with Crippen molar-refractivity contribution in [3.63, 3.8) is 0 Å². The van der Waals surface area contributed by atoms with Crippen LogP contribution in [0.2, 0.25) is 0 Å². The van der Waals surface area contributed by atoms with Gasteiger partial charge in [-0.2, -0.15) is 0 Å². The molecular weight excluding hydrogens is 480 g/mol. The van der Waals surface area contributed by atoms with Gasteiger partial charge in [-0.15, -0.1) is 0 Å². The third-order valence-corrected chi connectivity index (χ3v) is 7.70. The Hall–Kier alpha value is -3.51. The van der Waals surface area contributed by atoms with Crippen LogP contribution >= 0.6 is 0 Å². The van der Waals surface area contributed by atoms with Crippen LogP contribution in [0.3, 0.4) is 0 Å². The third-order valence-electron chi connectivity index (χ3n) is 6.21. The molecule has 1 amide bonds. The van der Waals surface area contributed by atoms with Gasteiger partial charge in [0.1, 0.15) is 33.9 Å². The summed E-state index contributed by atoms with van der Waals surface area (Å²) in [4.78, 5) is 35.7. The number of hydrogen-bond acceptors (Lipinski definition) is 9.